The summed E-state index contributed by atoms with van der Waals surface area (Å²) in [5.41, 5.74) is 2.02. The quantitative estimate of drug-likeness (QED) is 0.319. The minimum atomic E-state index is -0.465. The number of benzene rings is 2. The van der Waals surface area contributed by atoms with Crippen LogP contribution in [0.1, 0.15) is 11.4 Å². The Balaban J connectivity index is 1.81. The van der Waals surface area contributed by atoms with Gasteiger partial charge in [0, 0.05) is 23.8 Å². The third kappa shape index (κ3) is 3.41. The molecule has 0 saturated heterocycles. The second-order valence-electron chi connectivity index (χ2n) is 4.95. The van der Waals surface area contributed by atoms with E-state index in [1.807, 2.05) is 30.3 Å². The summed E-state index contributed by atoms with van der Waals surface area (Å²) in [6.45, 7) is 0. The number of hydrogen-bond acceptors (Lipinski definition) is 5. The molecule has 0 atom stereocenters. The van der Waals surface area contributed by atoms with Gasteiger partial charge >= 0.3 is 5.82 Å². The lowest BCUT2D eigenvalue weighted by Crippen LogP contribution is -2.31. The number of nitro benzene ring substituents is 1. The number of nitro groups is 1. The SMILES string of the molecule is O=[N+]([O-])c1ccc(C=Cc2nnc(-c3ccccc3)c[n+]2[O-])cc1. The molecule has 0 aliphatic heterocycles. The first-order valence-corrected chi connectivity index (χ1v) is 7.08. The summed E-state index contributed by atoms with van der Waals surface area (Å²) in [6, 6.07) is 15.3. The predicted octanol–water partition coefficient (Wildman–Crippen LogP) is 2.86. The molecule has 0 saturated carbocycles. The first-order valence-electron chi connectivity index (χ1n) is 7.08. The van der Waals surface area contributed by atoms with Crippen molar-refractivity contribution in [3.63, 3.8) is 0 Å². The van der Waals surface area contributed by atoms with Crippen molar-refractivity contribution in [3.05, 3.63) is 87.5 Å². The summed E-state index contributed by atoms with van der Waals surface area (Å²) in [7, 11) is 0. The first kappa shape index (κ1) is 15.3. The highest BCUT2D eigenvalue weighted by Crippen LogP contribution is 2.15. The van der Waals surface area contributed by atoms with Crippen molar-refractivity contribution >= 4 is 17.8 Å². The van der Waals surface area contributed by atoms with Crippen LogP contribution >= 0.6 is 0 Å². The van der Waals surface area contributed by atoms with Crippen molar-refractivity contribution in [2.75, 3.05) is 0 Å². The van der Waals surface area contributed by atoms with E-state index < -0.39 is 4.92 Å². The molecule has 24 heavy (non-hydrogen) atoms. The van der Waals surface area contributed by atoms with Crippen LogP contribution < -0.4 is 4.73 Å². The molecule has 3 rings (SSSR count). The summed E-state index contributed by atoms with van der Waals surface area (Å²) in [5.74, 6) is 0.132. The lowest BCUT2D eigenvalue weighted by molar-refractivity contribution is -0.611. The van der Waals surface area contributed by atoms with Crippen molar-refractivity contribution in [1.29, 1.82) is 0 Å². The molecule has 7 heteroatoms. The third-order valence-electron chi connectivity index (χ3n) is 3.32. The highest BCUT2D eigenvalue weighted by Gasteiger charge is 2.09. The van der Waals surface area contributed by atoms with Gasteiger partial charge in [0.2, 0.25) is 0 Å². The first-order chi connectivity index (χ1) is 11.6. The molecule has 0 fully saturated rings. The zero-order valence-corrected chi connectivity index (χ0v) is 12.4. The van der Waals surface area contributed by atoms with Crippen LogP contribution in [0, 0.1) is 15.3 Å². The van der Waals surface area contributed by atoms with Gasteiger partial charge in [-0.15, -0.1) is 0 Å². The van der Waals surface area contributed by atoms with E-state index in [0.717, 1.165) is 11.1 Å². The van der Waals surface area contributed by atoms with Gasteiger partial charge < -0.3 is 5.21 Å². The Morgan fingerprint density at radius 2 is 1.67 bits per heavy atom. The Hall–Kier alpha value is -3.61. The van der Waals surface area contributed by atoms with E-state index in [1.54, 1.807) is 18.2 Å². The third-order valence-corrected chi connectivity index (χ3v) is 3.32. The normalized spacial score (nSPS) is 10.8. The van der Waals surface area contributed by atoms with Gasteiger partial charge in [0.15, 0.2) is 5.69 Å². The van der Waals surface area contributed by atoms with Crippen LogP contribution in [0.3, 0.4) is 0 Å². The van der Waals surface area contributed by atoms with E-state index in [0.29, 0.717) is 10.4 Å². The largest absolute Gasteiger partial charge is 0.710 e. The molecule has 0 amide bonds. The molecule has 0 radical (unpaired) electrons. The van der Waals surface area contributed by atoms with Gasteiger partial charge in [-0.2, -0.15) is 0 Å². The molecule has 0 aliphatic carbocycles. The highest BCUT2D eigenvalue weighted by molar-refractivity contribution is 5.66. The average molecular weight is 320 g/mol. The van der Waals surface area contributed by atoms with E-state index in [4.69, 9.17) is 0 Å². The van der Waals surface area contributed by atoms with Gasteiger partial charge in [0.25, 0.3) is 5.69 Å². The van der Waals surface area contributed by atoms with Gasteiger partial charge in [-0.3, -0.25) is 10.1 Å². The van der Waals surface area contributed by atoms with Crippen LogP contribution in [0.2, 0.25) is 0 Å². The van der Waals surface area contributed by atoms with Crippen molar-refractivity contribution in [2.45, 2.75) is 0 Å². The van der Waals surface area contributed by atoms with Crippen LogP contribution in [0.15, 0.2) is 60.8 Å². The summed E-state index contributed by atoms with van der Waals surface area (Å²) in [6.07, 6.45) is 4.51. The van der Waals surface area contributed by atoms with Gasteiger partial charge in [-0.25, -0.2) is 4.73 Å². The maximum atomic E-state index is 12.1. The van der Waals surface area contributed by atoms with Crippen molar-refractivity contribution < 1.29 is 9.65 Å². The Morgan fingerprint density at radius 3 is 2.29 bits per heavy atom. The van der Waals surface area contributed by atoms with Gasteiger partial charge in [0.05, 0.1) is 10.0 Å². The second kappa shape index (κ2) is 6.66. The monoisotopic (exact) mass is 320 g/mol. The van der Waals surface area contributed by atoms with E-state index in [2.05, 4.69) is 10.2 Å². The van der Waals surface area contributed by atoms with Crippen molar-refractivity contribution in [2.24, 2.45) is 0 Å². The Kier molecular flexibility index (Phi) is 4.24. The summed E-state index contributed by atoms with van der Waals surface area (Å²) in [4.78, 5) is 10.1. The molecule has 3 aromatic rings. The van der Waals surface area contributed by atoms with E-state index in [-0.39, 0.29) is 11.5 Å². The number of hydrogen-bond donors (Lipinski definition) is 0. The molecule has 0 aliphatic rings. The van der Waals surface area contributed by atoms with Gasteiger partial charge in [-0.1, -0.05) is 30.3 Å². The summed E-state index contributed by atoms with van der Waals surface area (Å²) in [5, 5.41) is 30.6. The minimum absolute atomic E-state index is 0.0121. The number of nitrogens with zero attached hydrogens (tertiary/aromatic N) is 4. The molecule has 0 spiro atoms. The lowest BCUT2D eigenvalue weighted by Gasteiger charge is -2.04. The minimum Gasteiger partial charge on any atom is -0.710 e. The Bertz CT molecular complexity index is 893. The molecule has 7 nitrogen and oxygen atoms in total. The standard InChI is InChI=1S/C17H12N4O3/c22-20-12-16(14-4-2-1-3-5-14)18-19-17(20)11-8-13-6-9-15(10-7-13)21(23)24/h1-12H. The molecule has 118 valence electrons. The molecular weight excluding hydrogens is 308 g/mol. The van der Waals surface area contributed by atoms with Crippen molar-refractivity contribution in [3.8, 4) is 11.3 Å². The number of aromatic nitrogens is 3. The molecule has 0 N–H and O–H groups in total. The van der Waals surface area contributed by atoms with Crippen LogP contribution in [0.5, 0.6) is 0 Å². The molecule has 1 aromatic heterocycles. The molecular formula is C17H12N4O3. The number of rotatable bonds is 4. The molecule has 1 heterocycles. The topological polar surface area (TPSA) is 95.9 Å². The van der Waals surface area contributed by atoms with Crippen LogP contribution in [-0.4, -0.2) is 15.1 Å². The van der Waals surface area contributed by atoms with Gasteiger partial charge in [-0.05, 0) is 28.9 Å². The molecule has 0 bridgehead atoms. The van der Waals surface area contributed by atoms with E-state index >= 15 is 0 Å². The molecule has 2 aromatic carbocycles. The fourth-order valence-electron chi connectivity index (χ4n) is 2.08. The maximum Gasteiger partial charge on any atom is 0.353 e. The number of non-ortho nitro benzene ring substituents is 1. The van der Waals surface area contributed by atoms with E-state index in [9.17, 15) is 15.3 Å². The summed E-state index contributed by atoms with van der Waals surface area (Å²) >= 11 is 0. The fourth-order valence-corrected chi connectivity index (χ4v) is 2.08. The Morgan fingerprint density at radius 1 is 0.958 bits per heavy atom. The average Bonchev–Trinajstić information content (AvgIpc) is 2.62. The summed E-state index contributed by atoms with van der Waals surface area (Å²) < 4.78 is 0.636. The van der Waals surface area contributed by atoms with Crippen LogP contribution in [0.4, 0.5) is 5.69 Å². The lowest BCUT2D eigenvalue weighted by atomic mass is 10.2. The van der Waals surface area contributed by atoms with Crippen LogP contribution in [0.25, 0.3) is 23.4 Å². The fraction of sp³-hybridized carbons (Fsp3) is 0. The Labute approximate surface area is 137 Å². The van der Waals surface area contributed by atoms with Gasteiger partial charge in [0.1, 0.15) is 6.20 Å². The van der Waals surface area contributed by atoms with E-state index in [1.165, 1.54) is 24.4 Å². The maximum absolute atomic E-state index is 12.1. The van der Waals surface area contributed by atoms with Crippen LogP contribution in [-0.2, 0) is 0 Å². The zero-order chi connectivity index (χ0) is 16.9. The zero-order valence-electron chi connectivity index (χ0n) is 12.4. The highest BCUT2D eigenvalue weighted by atomic mass is 16.6. The molecule has 0 unspecified atom stereocenters. The second-order valence-corrected chi connectivity index (χ2v) is 4.95. The predicted molar refractivity (Wildman–Crippen MR) is 88.5 cm³/mol. The smallest absolute Gasteiger partial charge is 0.353 e. The van der Waals surface area contributed by atoms with Crippen molar-refractivity contribution in [1.82, 2.24) is 10.2 Å².